The van der Waals surface area contributed by atoms with Crippen LogP contribution < -0.4 is 0 Å². The van der Waals surface area contributed by atoms with E-state index in [4.69, 9.17) is 37.0 Å². The maximum atomic E-state index is 13.1. The molecule has 0 rings (SSSR count). The predicted molar refractivity (Wildman–Crippen MR) is 381 cm³/mol. The Morgan fingerprint density at radius 2 is 0.511 bits per heavy atom. The molecule has 0 bridgehead atoms. The fraction of sp³-hybridized carbons (Fsp3) is 0.947. The van der Waals surface area contributed by atoms with Crippen LogP contribution >= 0.6 is 15.6 Å². The average Bonchev–Trinajstić information content (AvgIpc) is 1.50. The van der Waals surface area contributed by atoms with Gasteiger partial charge in [-0.15, -0.1) is 0 Å². The number of carbonyl (C=O) groups is 4. The van der Waals surface area contributed by atoms with Gasteiger partial charge in [0, 0.05) is 25.7 Å². The van der Waals surface area contributed by atoms with E-state index in [0.717, 1.165) is 108 Å². The van der Waals surface area contributed by atoms with Gasteiger partial charge in [-0.1, -0.05) is 325 Å². The molecule has 17 nitrogen and oxygen atoms in total. The minimum Gasteiger partial charge on any atom is -0.462 e. The molecule has 558 valence electrons. The first-order chi connectivity index (χ1) is 45.1. The van der Waals surface area contributed by atoms with Crippen LogP contribution in [0.3, 0.4) is 0 Å². The maximum Gasteiger partial charge on any atom is 0.472 e. The van der Waals surface area contributed by atoms with Crippen LogP contribution in [0, 0.1) is 23.7 Å². The number of esters is 4. The zero-order valence-corrected chi connectivity index (χ0v) is 63.4. The Hall–Kier alpha value is -1.94. The van der Waals surface area contributed by atoms with Gasteiger partial charge in [0.2, 0.25) is 0 Å². The molecule has 3 N–H and O–H groups in total. The molecule has 0 aromatic heterocycles. The van der Waals surface area contributed by atoms with Crippen LogP contribution in [0.4, 0.5) is 0 Å². The van der Waals surface area contributed by atoms with E-state index in [0.29, 0.717) is 37.5 Å². The summed E-state index contributed by atoms with van der Waals surface area (Å²) in [5.74, 6) is 0.872. The van der Waals surface area contributed by atoms with Crippen molar-refractivity contribution in [1.29, 1.82) is 0 Å². The first-order valence-corrected chi connectivity index (χ1v) is 41.7. The van der Waals surface area contributed by atoms with Crippen molar-refractivity contribution in [3.8, 4) is 0 Å². The Balaban J connectivity index is 5.20. The topological polar surface area (TPSA) is 237 Å². The predicted octanol–water partition coefficient (Wildman–Crippen LogP) is 21.7. The Morgan fingerprint density at radius 3 is 0.755 bits per heavy atom. The van der Waals surface area contributed by atoms with Crippen LogP contribution in [0.2, 0.25) is 0 Å². The molecule has 3 unspecified atom stereocenters. The number of hydrogen-bond acceptors (Lipinski definition) is 15. The first-order valence-electron chi connectivity index (χ1n) is 38.7. The van der Waals surface area contributed by atoms with E-state index in [-0.39, 0.29) is 25.7 Å². The van der Waals surface area contributed by atoms with E-state index in [1.807, 2.05) is 0 Å². The monoisotopic (exact) mass is 1380 g/mol. The molecule has 0 saturated carbocycles. The van der Waals surface area contributed by atoms with E-state index in [9.17, 15) is 43.2 Å². The molecule has 0 fully saturated rings. The van der Waals surface area contributed by atoms with Crippen LogP contribution in [-0.2, 0) is 65.4 Å². The van der Waals surface area contributed by atoms with Crippen LogP contribution in [0.15, 0.2) is 0 Å². The molecule has 0 aromatic carbocycles. The van der Waals surface area contributed by atoms with Gasteiger partial charge >= 0.3 is 39.5 Å². The molecule has 0 aliphatic heterocycles. The summed E-state index contributed by atoms with van der Waals surface area (Å²) in [4.78, 5) is 72.6. The number of unbranched alkanes of at least 4 members (excludes halogenated alkanes) is 37. The Bertz CT molecular complexity index is 1850. The van der Waals surface area contributed by atoms with Gasteiger partial charge in [-0.05, 0) is 49.4 Å². The van der Waals surface area contributed by atoms with Crippen molar-refractivity contribution in [1.82, 2.24) is 0 Å². The van der Waals surface area contributed by atoms with Gasteiger partial charge in [0.15, 0.2) is 12.2 Å². The number of phosphoric acid groups is 2. The minimum absolute atomic E-state index is 0.101. The highest BCUT2D eigenvalue weighted by atomic mass is 31.2. The molecule has 0 amide bonds. The number of phosphoric ester groups is 2. The summed E-state index contributed by atoms with van der Waals surface area (Å²) in [5.41, 5.74) is 0. The highest BCUT2D eigenvalue weighted by Gasteiger charge is 2.30. The van der Waals surface area contributed by atoms with Crippen LogP contribution in [0.1, 0.15) is 376 Å². The van der Waals surface area contributed by atoms with Crippen molar-refractivity contribution in [3.05, 3.63) is 0 Å². The molecule has 0 aliphatic rings. The van der Waals surface area contributed by atoms with Crippen molar-refractivity contribution >= 4 is 39.5 Å². The molecule has 6 atom stereocenters. The molecule has 0 saturated heterocycles. The summed E-state index contributed by atoms with van der Waals surface area (Å²) in [7, 11) is -9.91. The summed E-state index contributed by atoms with van der Waals surface area (Å²) >= 11 is 0. The second kappa shape index (κ2) is 64.4. The van der Waals surface area contributed by atoms with Crippen LogP contribution in [0.25, 0.3) is 0 Å². The maximum absolute atomic E-state index is 13.1. The SMILES string of the molecule is CCC(C)CCCCCCCCCCCCCCCCC(=O)O[C@H](COC(=O)CCCCCCCCCCCCCCCCCC(C)C)COP(=O)(O)OC[C@@H](O)COP(=O)(O)OC[C@@H](COC(=O)CCCCCCCCC(C)C)OC(=O)CCCCCCCCC(C)C. The molecule has 94 heavy (non-hydrogen) atoms. The summed E-state index contributed by atoms with van der Waals surface area (Å²) in [5, 5.41) is 10.6. The molecular formula is C75H146O17P2. The van der Waals surface area contributed by atoms with Crippen molar-refractivity contribution in [3.63, 3.8) is 0 Å². The van der Waals surface area contributed by atoms with Crippen LogP contribution in [-0.4, -0.2) is 96.7 Å². The third-order valence-electron chi connectivity index (χ3n) is 17.7. The number of aliphatic hydroxyl groups is 1. The third kappa shape index (κ3) is 67.3. The highest BCUT2D eigenvalue weighted by Crippen LogP contribution is 2.45. The fourth-order valence-electron chi connectivity index (χ4n) is 11.3. The molecule has 0 aliphatic carbocycles. The van der Waals surface area contributed by atoms with E-state index in [1.165, 1.54) is 173 Å². The molecule has 0 spiro atoms. The minimum atomic E-state index is -4.96. The van der Waals surface area contributed by atoms with Gasteiger partial charge < -0.3 is 33.8 Å². The number of ether oxygens (including phenoxy) is 4. The van der Waals surface area contributed by atoms with Crippen molar-refractivity contribution in [2.75, 3.05) is 39.6 Å². The lowest BCUT2D eigenvalue weighted by molar-refractivity contribution is -0.161. The summed E-state index contributed by atoms with van der Waals surface area (Å²) in [6.45, 7) is 14.1. The highest BCUT2D eigenvalue weighted by molar-refractivity contribution is 7.47. The summed E-state index contributed by atoms with van der Waals surface area (Å²) in [6, 6.07) is 0. The quantitative estimate of drug-likeness (QED) is 0.0222. The van der Waals surface area contributed by atoms with Gasteiger partial charge in [-0.2, -0.15) is 0 Å². The average molecular weight is 1380 g/mol. The normalized spacial score (nSPS) is 14.4. The third-order valence-corrected chi connectivity index (χ3v) is 19.6. The Kier molecular flexibility index (Phi) is 63.1. The van der Waals surface area contributed by atoms with Gasteiger partial charge in [-0.25, -0.2) is 9.13 Å². The van der Waals surface area contributed by atoms with Crippen molar-refractivity contribution in [2.45, 2.75) is 395 Å². The Morgan fingerprint density at radius 1 is 0.298 bits per heavy atom. The fourth-order valence-corrected chi connectivity index (χ4v) is 12.9. The van der Waals surface area contributed by atoms with Gasteiger partial charge in [0.25, 0.3) is 0 Å². The second-order valence-corrected chi connectivity index (χ2v) is 31.6. The van der Waals surface area contributed by atoms with Gasteiger partial charge in [0.05, 0.1) is 26.4 Å². The lowest BCUT2D eigenvalue weighted by Gasteiger charge is -2.21. The standard InChI is InChI=1S/C75H146O17P2/c1-9-68(8)54-46-38-28-24-20-16-13-14-18-22-26-30-41-49-57-74(79)91-70(61-85-72(77)55-47-39-29-25-21-17-12-10-11-15-19-23-27-35-43-51-65(2)3)63-89-93(81,82)87-59-69(76)60-88-94(83,84)90-64-71(92-75(80)58-50-42-34-32-37-45-53-67(6)7)62-86-73(78)56-48-40-33-31-36-44-52-66(4)5/h65-71,76H,9-64H2,1-8H3,(H,81,82)(H,83,84)/t68?,69-,70-,71-/m1/s1. The number of hydrogen-bond donors (Lipinski definition) is 3. The molecule has 0 radical (unpaired) electrons. The zero-order valence-electron chi connectivity index (χ0n) is 61.6. The number of aliphatic hydroxyl groups excluding tert-OH is 1. The van der Waals surface area contributed by atoms with E-state index in [1.54, 1.807) is 0 Å². The molecule has 0 heterocycles. The molecule has 0 aromatic rings. The number of carbonyl (C=O) groups excluding carboxylic acids is 4. The first kappa shape index (κ1) is 92.1. The van der Waals surface area contributed by atoms with E-state index in [2.05, 4.69) is 55.4 Å². The number of rotatable bonds is 72. The van der Waals surface area contributed by atoms with E-state index < -0.39 is 97.5 Å². The summed E-state index contributed by atoms with van der Waals surface area (Å²) in [6.07, 6.45) is 49.0. The van der Waals surface area contributed by atoms with E-state index >= 15 is 0 Å². The Labute approximate surface area is 575 Å². The van der Waals surface area contributed by atoms with Gasteiger partial charge in [0.1, 0.15) is 19.3 Å². The lowest BCUT2D eigenvalue weighted by Crippen LogP contribution is -2.30. The van der Waals surface area contributed by atoms with Crippen molar-refractivity contribution < 1.29 is 80.2 Å². The zero-order chi connectivity index (χ0) is 69.6. The molecule has 19 heteroatoms. The lowest BCUT2D eigenvalue weighted by atomic mass is 9.99. The van der Waals surface area contributed by atoms with Crippen LogP contribution in [0.5, 0.6) is 0 Å². The largest absolute Gasteiger partial charge is 0.472 e. The molecular weight excluding hydrogens is 1230 g/mol. The smallest absolute Gasteiger partial charge is 0.462 e. The second-order valence-electron chi connectivity index (χ2n) is 28.7. The van der Waals surface area contributed by atoms with Gasteiger partial charge in [-0.3, -0.25) is 37.3 Å². The summed E-state index contributed by atoms with van der Waals surface area (Å²) < 4.78 is 68.4. The van der Waals surface area contributed by atoms with Crippen molar-refractivity contribution in [2.24, 2.45) is 23.7 Å².